The smallest absolute Gasteiger partial charge is 0.253 e. The van der Waals surface area contributed by atoms with Crippen molar-refractivity contribution in [3.63, 3.8) is 0 Å². The number of likely N-dealkylation sites (tertiary alicyclic amines) is 1. The number of carbonyl (C=O) groups is 1. The summed E-state index contributed by atoms with van der Waals surface area (Å²) in [5.41, 5.74) is 5.77. The van der Waals surface area contributed by atoms with Crippen LogP contribution in [0.25, 0.3) is 22.9 Å². The molecule has 5 rings (SSSR count). The van der Waals surface area contributed by atoms with Crippen molar-refractivity contribution in [2.75, 3.05) is 32.7 Å². The van der Waals surface area contributed by atoms with Gasteiger partial charge >= 0.3 is 0 Å². The van der Waals surface area contributed by atoms with E-state index in [1.807, 2.05) is 58.1 Å². The van der Waals surface area contributed by atoms with Crippen LogP contribution in [0.5, 0.6) is 5.75 Å². The zero-order valence-electron chi connectivity index (χ0n) is 27.6. The fourth-order valence-electron chi connectivity index (χ4n) is 5.81. The Morgan fingerprint density at radius 2 is 1.60 bits per heavy atom. The van der Waals surface area contributed by atoms with E-state index >= 15 is 0 Å². The van der Waals surface area contributed by atoms with Crippen molar-refractivity contribution in [3.8, 4) is 17.0 Å². The minimum atomic E-state index is 0.102. The molecule has 6 nitrogen and oxygen atoms in total. The summed E-state index contributed by atoms with van der Waals surface area (Å²) in [6, 6.07) is 22.4. The lowest BCUT2D eigenvalue weighted by Gasteiger charge is -2.25. The van der Waals surface area contributed by atoms with Gasteiger partial charge in [0.2, 0.25) is 0 Å². The second-order valence-corrected chi connectivity index (χ2v) is 13.2. The molecule has 0 spiro atoms. The Bertz CT molecular complexity index is 1520. The molecule has 238 valence electrons. The quantitative estimate of drug-likeness (QED) is 0.144. The molecule has 1 saturated heterocycles. The number of nitrogens with zero attached hydrogens (tertiary/aromatic N) is 4. The van der Waals surface area contributed by atoms with Gasteiger partial charge in [-0.2, -0.15) is 5.10 Å². The molecule has 2 aromatic heterocycles. The maximum atomic E-state index is 13.9. The number of pyridine rings is 1. The van der Waals surface area contributed by atoms with E-state index in [1.165, 1.54) is 19.3 Å². The Balaban J connectivity index is 1.44. The van der Waals surface area contributed by atoms with Gasteiger partial charge in [0.15, 0.2) is 0 Å². The summed E-state index contributed by atoms with van der Waals surface area (Å²) in [4.78, 5) is 18.4. The van der Waals surface area contributed by atoms with Crippen molar-refractivity contribution in [2.45, 2.75) is 66.4 Å². The van der Waals surface area contributed by atoms with Crippen LogP contribution in [-0.2, 0) is 6.61 Å². The molecule has 2 aromatic carbocycles. The summed E-state index contributed by atoms with van der Waals surface area (Å²) in [6.07, 6.45) is 12.3. The molecule has 4 aromatic rings. The summed E-state index contributed by atoms with van der Waals surface area (Å²) in [6.45, 7) is 14.2. The van der Waals surface area contributed by atoms with Gasteiger partial charge in [0.05, 0.1) is 5.52 Å². The third-order valence-corrected chi connectivity index (χ3v) is 8.63. The van der Waals surface area contributed by atoms with Gasteiger partial charge in [-0.25, -0.2) is 4.52 Å². The molecule has 0 saturated carbocycles. The van der Waals surface area contributed by atoms with Crippen molar-refractivity contribution in [2.24, 2.45) is 11.8 Å². The second kappa shape index (κ2) is 15.9. The molecule has 0 bridgehead atoms. The maximum Gasteiger partial charge on any atom is 0.253 e. The fraction of sp³-hybridized carbons (Fsp3) is 0.436. The van der Waals surface area contributed by atoms with Crippen LogP contribution >= 0.6 is 0 Å². The van der Waals surface area contributed by atoms with Crippen LogP contribution in [0.15, 0.2) is 79.0 Å². The molecule has 6 heteroatoms. The highest BCUT2D eigenvalue weighted by Crippen LogP contribution is 2.30. The Hall–Kier alpha value is -3.90. The maximum absolute atomic E-state index is 13.9. The molecule has 0 N–H and O–H groups in total. The highest BCUT2D eigenvalue weighted by Gasteiger charge is 2.20. The lowest BCUT2D eigenvalue weighted by Crippen LogP contribution is -2.34. The Morgan fingerprint density at radius 3 is 2.27 bits per heavy atom. The highest BCUT2D eigenvalue weighted by atomic mass is 16.5. The van der Waals surface area contributed by atoms with Gasteiger partial charge in [-0.3, -0.25) is 9.69 Å². The van der Waals surface area contributed by atoms with Crippen LogP contribution < -0.4 is 4.74 Å². The van der Waals surface area contributed by atoms with Gasteiger partial charge in [-0.1, -0.05) is 76.6 Å². The Labute approximate surface area is 269 Å². The Kier molecular flexibility index (Phi) is 11.5. The average Bonchev–Trinajstić information content (AvgIpc) is 3.42. The van der Waals surface area contributed by atoms with Gasteiger partial charge in [0, 0.05) is 42.5 Å². The molecule has 0 radical (unpaired) electrons. The molecule has 45 heavy (non-hydrogen) atoms. The minimum absolute atomic E-state index is 0.102. The summed E-state index contributed by atoms with van der Waals surface area (Å²) in [7, 11) is 0. The third kappa shape index (κ3) is 9.07. The van der Waals surface area contributed by atoms with Gasteiger partial charge in [-0.05, 0) is 92.6 Å². The summed E-state index contributed by atoms with van der Waals surface area (Å²) >= 11 is 0. The topological polar surface area (TPSA) is 50.1 Å². The zero-order valence-corrected chi connectivity index (χ0v) is 27.6. The van der Waals surface area contributed by atoms with Gasteiger partial charge in [0.25, 0.3) is 5.91 Å². The number of fused-ring (bicyclic) bond motifs is 1. The SMILES string of the molecule is CC(C)CCN(CCC(C)C)C(=O)c1ccn2nc(-c3ccc(OCc4ccccc4)cc3)c(/C=C/CN3CCCCC3)c2c1. The first-order valence-electron chi connectivity index (χ1n) is 16.8. The van der Waals surface area contributed by atoms with E-state index in [1.54, 1.807) is 0 Å². The number of piperidine rings is 1. The highest BCUT2D eigenvalue weighted by molar-refractivity contribution is 5.96. The summed E-state index contributed by atoms with van der Waals surface area (Å²) < 4.78 is 7.97. The minimum Gasteiger partial charge on any atom is -0.489 e. The molecule has 0 atom stereocenters. The predicted octanol–water partition coefficient (Wildman–Crippen LogP) is 8.61. The standard InChI is InChI=1S/C39H50N4O2/c1-30(2)19-25-42(26-20-31(3)4)39(44)34-21-27-43-37(28-34)36(14-11-24-41-22-9-6-10-23-41)38(40-43)33-15-17-35(18-16-33)45-29-32-12-7-5-8-13-32/h5,7-8,11-18,21,27-28,30-31H,6,9-10,19-20,22-26,29H2,1-4H3/b14-11+. The van der Waals surface area contributed by atoms with E-state index in [2.05, 4.69) is 69.0 Å². The molecule has 1 amide bonds. The van der Waals surface area contributed by atoms with E-state index in [0.717, 1.165) is 84.8 Å². The number of benzene rings is 2. The molecule has 0 aliphatic carbocycles. The van der Waals surface area contributed by atoms with Crippen LogP contribution in [0, 0.1) is 11.8 Å². The van der Waals surface area contributed by atoms with E-state index in [-0.39, 0.29) is 5.91 Å². The van der Waals surface area contributed by atoms with Crippen LogP contribution in [0.3, 0.4) is 0 Å². The monoisotopic (exact) mass is 606 g/mol. The molecule has 0 unspecified atom stereocenters. The number of ether oxygens (including phenoxy) is 1. The lowest BCUT2D eigenvalue weighted by atomic mass is 10.0. The van der Waals surface area contributed by atoms with Crippen molar-refractivity contribution in [1.29, 1.82) is 0 Å². The van der Waals surface area contributed by atoms with Gasteiger partial charge in [0.1, 0.15) is 18.1 Å². The number of rotatable bonds is 14. The first kappa shape index (κ1) is 32.5. The van der Waals surface area contributed by atoms with E-state index < -0.39 is 0 Å². The van der Waals surface area contributed by atoms with Gasteiger partial charge in [-0.15, -0.1) is 0 Å². The third-order valence-electron chi connectivity index (χ3n) is 8.63. The zero-order chi connectivity index (χ0) is 31.6. The average molecular weight is 607 g/mol. The van der Waals surface area contributed by atoms with Gasteiger partial charge < -0.3 is 9.64 Å². The van der Waals surface area contributed by atoms with Crippen molar-refractivity contribution >= 4 is 17.5 Å². The molecule has 1 aliphatic rings. The molecular formula is C39H50N4O2. The van der Waals surface area contributed by atoms with E-state index in [0.29, 0.717) is 18.4 Å². The molecule has 1 fully saturated rings. The second-order valence-electron chi connectivity index (χ2n) is 13.2. The largest absolute Gasteiger partial charge is 0.489 e. The van der Waals surface area contributed by atoms with Crippen molar-refractivity contribution in [3.05, 3.63) is 95.7 Å². The van der Waals surface area contributed by atoms with Crippen LogP contribution in [0.1, 0.15) is 81.3 Å². The lowest BCUT2D eigenvalue weighted by molar-refractivity contribution is 0.0741. The van der Waals surface area contributed by atoms with Crippen LogP contribution in [0.2, 0.25) is 0 Å². The first-order valence-corrected chi connectivity index (χ1v) is 16.8. The van der Waals surface area contributed by atoms with Crippen LogP contribution in [0.4, 0.5) is 0 Å². The number of amides is 1. The normalized spacial score (nSPS) is 14.2. The molecular weight excluding hydrogens is 556 g/mol. The van der Waals surface area contributed by atoms with E-state index in [4.69, 9.17) is 9.84 Å². The molecule has 3 heterocycles. The number of carbonyl (C=O) groups excluding carboxylic acids is 1. The number of aromatic nitrogens is 2. The van der Waals surface area contributed by atoms with Crippen molar-refractivity contribution in [1.82, 2.24) is 19.4 Å². The summed E-state index contributed by atoms with van der Waals surface area (Å²) in [5.74, 6) is 2.02. The molecule has 1 aliphatic heterocycles. The first-order chi connectivity index (χ1) is 21.9. The number of hydrogen-bond donors (Lipinski definition) is 0. The number of hydrogen-bond acceptors (Lipinski definition) is 4. The van der Waals surface area contributed by atoms with E-state index in [9.17, 15) is 4.79 Å². The predicted molar refractivity (Wildman–Crippen MR) is 186 cm³/mol. The summed E-state index contributed by atoms with van der Waals surface area (Å²) in [5, 5.41) is 5.02. The Morgan fingerprint density at radius 1 is 0.911 bits per heavy atom. The van der Waals surface area contributed by atoms with Crippen LogP contribution in [-0.4, -0.2) is 58.0 Å². The fourth-order valence-corrected chi connectivity index (χ4v) is 5.81. The van der Waals surface area contributed by atoms with Crippen molar-refractivity contribution < 1.29 is 9.53 Å².